The smallest absolute Gasteiger partial charge is 0.0742 e. The number of anilines is 1. The van der Waals surface area contributed by atoms with E-state index in [2.05, 4.69) is 38.2 Å². The molecule has 0 aliphatic heterocycles. The van der Waals surface area contributed by atoms with Crippen LogP contribution in [0.5, 0.6) is 0 Å². The number of nitrogens with one attached hydrogen (secondary N) is 2. The molecule has 0 aromatic heterocycles. The fourth-order valence-corrected chi connectivity index (χ4v) is 2.41. The Morgan fingerprint density at radius 3 is 2.10 bits per heavy atom. The Morgan fingerprint density at radius 1 is 1.00 bits per heavy atom. The fourth-order valence-electron chi connectivity index (χ4n) is 2.19. The minimum absolute atomic E-state index is 0.376. The number of fused-ring (bicyclic) bond motifs is 1. The molecule has 0 saturated carbocycles. The predicted octanol–water partition coefficient (Wildman–Crippen LogP) is 3.01. The molecule has 2 nitrogen and oxygen atoms in total. The molecule has 114 valence electrons. The monoisotopic (exact) mass is 320 g/mol. The lowest BCUT2D eigenvalue weighted by atomic mass is 10.1. The lowest BCUT2D eigenvalue weighted by Gasteiger charge is -2.12. The molecule has 2 aromatic rings. The molecule has 0 saturated heterocycles. The predicted molar refractivity (Wildman–Crippen MR) is 100 cm³/mol. The van der Waals surface area contributed by atoms with E-state index in [4.69, 9.17) is 24.8 Å². The van der Waals surface area contributed by atoms with Gasteiger partial charge in [0.05, 0.1) is 19.6 Å². The third kappa shape index (κ3) is 5.96. The van der Waals surface area contributed by atoms with Crippen LogP contribution in [0, 0.1) is 0 Å². The molecular formula is C17H24N2S2. The highest BCUT2D eigenvalue weighted by Gasteiger charge is 1.97. The van der Waals surface area contributed by atoms with Crippen molar-refractivity contribution in [1.29, 1.82) is 0 Å². The highest BCUT2D eigenvalue weighted by Crippen LogP contribution is 2.22. The lowest BCUT2D eigenvalue weighted by Crippen LogP contribution is -3.11. The zero-order valence-electron chi connectivity index (χ0n) is 13.0. The summed E-state index contributed by atoms with van der Waals surface area (Å²) in [7, 11) is 0. The van der Waals surface area contributed by atoms with Crippen LogP contribution < -0.4 is 10.2 Å². The van der Waals surface area contributed by atoms with Gasteiger partial charge in [-0.2, -0.15) is 0 Å². The second-order valence-corrected chi connectivity index (χ2v) is 5.82. The van der Waals surface area contributed by atoms with Gasteiger partial charge in [0.1, 0.15) is 0 Å². The third-order valence-corrected chi connectivity index (χ3v) is 3.73. The van der Waals surface area contributed by atoms with Crippen molar-refractivity contribution in [2.24, 2.45) is 0 Å². The molecular weight excluding hydrogens is 296 g/mol. The molecule has 0 bridgehead atoms. The summed E-state index contributed by atoms with van der Waals surface area (Å²) in [6.45, 7) is 10.5. The van der Waals surface area contributed by atoms with E-state index >= 15 is 0 Å². The average Bonchev–Trinajstić information content (AvgIpc) is 2.50. The third-order valence-electron chi connectivity index (χ3n) is 3.53. The minimum atomic E-state index is 0.376. The Kier molecular flexibility index (Phi) is 8.20. The van der Waals surface area contributed by atoms with Gasteiger partial charge in [0.15, 0.2) is 0 Å². The zero-order chi connectivity index (χ0) is 15.7. The minimum Gasteiger partial charge on any atom is -0.411 e. The Bertz CT molecular complexity index is 555. The van der Waals surface area contributed by atoms with Crippen LogP contribution in [0.3, 0.4) is 0 Å². The molecule has 0 unspecified atom stereocenters. The van der Waals surface area contributed by atoms with Gasteiger partial charge in [-0.15, -0.1) is 0 Å². The van der Waals surface area contributed by atoms with Crippen LogP contribution in [0.15, 0.2) is 42.5 Å². The molecule has 0 radical (unpaired) electrons. The number of hydrogen-bond donors (Lipinski definition) is 2. The van der Waals surface area contributed by atoms with Crippen molar-refractivity contribution in [1.82, 2.24) is 0 Å². The summed E-state index contributed by atoms with van der Waals surface area (Å²) in [5.74, 6) is 0. The number of benzene rings is 2. The number of hydrogen-bond acceptors (Lipinski definition) is 2. The molecule has 2 aromatic carbocycles. The Morgan fingerprint density at radius 2 is 1.57 bits per heavy atom. The maximum Gasteiger partial charge on any atom is 0.0742 e. The summed E-state index contributed by atoms with van der Waals surface area (Å²) in [4.78, 5) is 1.68. The van der Waals surface area contributed by atoms with Gasteiger partial charge in [0.2, 0.25) is 0 Å². The standard InChI is InChI=1S/C11H9NS2.C6H15N/c13-11(14)12-10-7-3-5-8-4-1-2-6-9(8)10;1-4-7(5-2)6-3/h1-7H,(H2,12,13,14);4-6H2,1-3H3. The van der Waals surface area contributed by atoms with Gasteiger partial charge < -0.3 is 35.1 Å². The van der Waals surface area contributed by atoms with Gasteiger partial charge in [-0.1, -0.05) is 40.7 Å². The van der Waals surface area contributed by atoms with Crippen molar-refractivity contribution in [2.45, 2.75) is 20.8 Å². The summed E-state index contributed by atoms with van der Waals surface area (Å²) in [5.41, 5.74) is 0.975. The van der Waals surface area contributed by atoms with E-state index in [0.29, 0.717) is 4.32 Å². The Hall–Kier alpha value is -1.23. The van der Waals surface area contributed by atoms with Crippen LogP contribution in [0.4, 0.5) is 5.69 Å². The van der Waals surface area contributed by atoms with Crippen LogP contribution in [-0.2, 0) is 12.6 Å². The average molecular weight is 321 g/mol. The van der Waals surface area contributed by atoms with E-state index in [0.717, 1.165) is 11.1 Å². The largest absolute Gasteiger partial charge is 0.411 e. The van der Waals surface area contributed by atoms with E-state index in [9.17, 15) is 0 Å². The maximum absolute atomic E-state index is 4.84. The quantitative estimate of drug-likeness (QED) is 0.666. The SMILES string of the molecule is CC[NH+](CC)CC.S=C([S-])Nc1cccc2ccccc12. The summed E-state index contributed by atoms with van der Waals surface area (Å²) >= 11 is 9.69. The second kappa shape index (κ2) is 9.66. The normalized spacial score (nSPS) is 10.1. The highest BCUT2D eigenvalue weighted by molar-refractivity contribution is 8.00. The number of rotatable bonds is 4. The van der Waals surface area contributed by atoms with Crippen LogP contribution in [0.1, 0.15) is 20.8 Å². The number of quaternary nitrogens is 1. The molecule has 4 heteroatoms. The first kappa shape index (κ1) is 17.8. The van der Waals surface area contributed by atoms with Crippen LogP contribution in [0.25, 0.3) is 10.8 Å². The van der Waals surface area contributed by atoms with Crippen molar-refractivity contribution >= 4 is 45.6 Å². The molecule has 0 aliphatic rings. The van der Waals surface area contributed by atoms with Crippen molar-refractivity contribution in [3.63, 3.8) is 0 Å². The van der Waals surface area contributed by atoms with Crippen molar-refractivity contribution < 1.29 is 4.90 Å². The van der Waals surface area contributed by atoms with E-state index in [1.807, 2.05) is 30.3 Å². The van der Waals surface area contributed by atoms with E-state index in [1.54, 1.807) is 4.90 Å². The zero-order valence-corrected chi connectivity index (χ0v) is 14.6. The molecule has 0 heterocycles. The van der Waals surface area contributed by atoms with Gasteiger partial charge in [0.25, 0.3) is 0 Å². The van der Waals surface area contributed by atoms with Gasteiger partial charge in [-0.3, -0.25) is 0 Å². The number of thiocarbonyl (C=S) groups is 1. The summed E-state index contributed by atoms with van der Waals surface area (Å²) in [6, 6.07) is 14.1. The summed E-state index contributed by atoms with van der Waals surface area (Å²) in [6.07, 6.45) is 0. The summed E-state index contributed by atoms with van der Waals surface area (Å²) < 4.78 is 0.376. The first-order valence-electron chi connectivity index (χ1n) is 7.41. The maximum atomic E-state index is 4.84. The van der Waals surface area contributed by atoms with Crippen molar-refractivity contribution in [3.8, 4) is 0 Å². The molecule has 2 rings (SSSR count). The first-order valence-corrected chi connectivity index (χ1v) is 8.23. The van der Waals surface area contributed by atoms with Crippen molar-refractivity contribution in [2.75, 3.05) is 25.0 Å². The molecule has 0 atom stereocenters. The topological polar surface area (TPSA) is 16.5 Å². The van der Waals surface area contributed by atoms with Gasteiger partial charge in [-0.25, -0.2) is 0 Å². The van der Waals surface area contributed by atoms with Gasteiger partial charge in [0, 0.05) is 11.1 Å². The first-order chi connectivity index (χ1) is 10.1. The lowest BCUT2D eigenvalue weighted by molar-refractivity contribution is -0.894. The Labute approximate surface area is 138 Å². The molecule has 0 fully saturated rings. The van der Waals surface area contributed by atoms with Crippen molar-refractivity contribution in [3.05, 3.63) is 42.5 Å². The van der Waals surface area contributed by atoms with E-state index in [-0.39, 0.29) is 0 Å². The van der Waals surface area contributed by atoms with Crippen LogP contribution in [-0.4, -0.2) is 24.0 Å². The van der Waals surface area contributed by atoms with Crippen LogP contribution in [0.2, 0.25) is 0 Å². The molecule has 21 heavy (non-hydrogen) atoms. The molecule has 0 aliphatic carbocycles. The highest BCUT2D eigenvalue weighted by atomic mass is 32.1. The van der Waals surface area contributed by atoms with Gasteiger partial charge >= 0.3 is 0 Å². The molecule has 0 spiro atoms. The van der Waals surface area contributed by atoms with Gasteiger partial charge in [-0.05, 0) is 32.2 Å². The van der Waals surface area contributed by atoms with E-state index in [1.165, 1.54) is 25.0 Å². The van der Waals surface area contributed by atoms with E-state index < -0.39 is 0 Å². The fraction of sp³-hybridized carbons (Fsp3) is 0.353. The summed E-state index contributed by atoms with van der Waals surface area (Å²) in [5, 5.41) is 5.32. The van der Waals surface area contributed by atoms with Crippen LogP contribution >= 0.6 is 12.2 Å². The second-order valence-electron chi connectivity index (χ2n) is 4.75. The molecule has 2 N–H and O–H groups in total. The molecule has 0 amide bonds. The Balaban J connectivity index is 0.000000270.